The van der Waals surface area contributed by atoms with E-state index in [1.807, 2.05) is 13.8 Å². The molecule has 2 aromatic heterocycles. The fraction of sp³-hybridized carbons (Fsp3) is 0.536. The lowest BCUT2D eigenvalue weighted by Crippen LogP contribution is -2.68. The van der Waals surface area contributed by atoms with Crippen LogP contribution < -0.4 is 5.32 Å². The molecule has 37 heavy (non-hydrogen) atoms. The molecule has 2 heterocycles. The van der Waals surface area contributed by atoms with Gasteiger partial charge in [0.15, 0.2) is 16.6 Å². The number of amides is 1. The summed E-state index contributed by atoms with van der Waals surface area (Å²) < 4.78 is 17.3. The molecule has 0 bridgehead atoms. The number of hydrogen-bond acceptors (Lipinski definition) is 6. The standard InChI is InChI=1S/C28H32FN3O4S/c1-15-11-19-18-7-6-16-12-17(33)8-9-25(16,2)27(18,29)22(34)13-26(19,3)28(15,36)21-14-37-24(31-21)32-23(35)20-5-4-10-30-20/h4-5,8-10,12,14-15,18-19,22,30,34,36H,6-7,11,13H2,1-3H3,(H,31,32,35)/t15-,18+,19+,22+,25+,26+,27+,28+/m1/s1. The van der Waals surface area contributed by atoms with E-state index in [4.69, 9.17) is 0 Å². The van der Waals surface area contributed by atoms with Crippen LogP contribution in [0.4, 0.5) is 9.52 Å². The van der Waals surface area contributed by atoms with Gasteiger partial charge in [-0.25, -0.2) is 9.37 Å². The molecule has 0 unspecified atom stereocenters. The van der Waals surface area contributed by atoms with E-state index < -0.39 is 34.1 Å². The highest BCUT2D eigenvalue weighted by Gasteiger charge is 2.74. The molecule has 3 fully saturated rings. The molecule has 0 aliphatic heterocycles. The average Bonchev–Trinajstić information content (AvgIpc) is 3.58. The number of nitrogens with one attached hydrogen (secondary N) is 2. The van der Waals surface area contributed by atoms with Gasteiger partial charge in [0, 0.05) is 28.3 Å². The summed E-state index contributed by atoms with van der Waals surface area (Å²) in [6.45, 7) is 5.71. The zero-order valence-corrected chi connectivity index (χ0v) is 21.9. The molecule has 3 saturated carbocycles. The van der Waals surface area contributed by atoms with Crippen LogP contribution in [0.1, 0.15) is 62.6 Å². The lowest BCUT2D eigenvalue weighted by atomic mass is 9.44. The first-order chi connectivity index (χ1) is 17.4. The Balaban J connectivity index is 1.35. The maximum atomic E-state index is 17.3. The van der Waals surface area contributed by atoms with Crippen LogP contribution in [0.2, 0.25) is 0 Å². The number of aromatic nitrogens is 2. The van der Waals surface area contributed by atoms with E-state index in [2.05, 4.69) is 15.3 Å². The van der Waals surface area contributed by atoms with Crippen molar-refractivity contribution in [3.8, 4) is 0 Å². The molecule has 6 rings (SSSR count). The molecule has 0 spiro atoms. The smallest absolute Gasteiger partial charge is 0.273 e. The first-order valence-electron chi connectivity index (χ1n) is 12.9. The molecule has 1 amide bonds. The van der Waals surface area contributed by atoms with Crippen LogP contribution in [0.5, 0.6) is 0 Å². The van der Waals surface area contributed by atoms with Crippen molar-refractivity contribution in [2.24, 2.45) is 28.6 Å². The number of rotatable bonds is 3. The lowest BCUT2D eigenvalue weighted by Gasteiger charge is -2.62. The molecule has 196 valence electrons. The molecule has 0 radical (unpaired) electrons. The topological polar surface area (TPSA) is 115 Å². The second-order valence-corrected chi connectivity index (χ2v) is 12.6. The number of alkyl halides is 1. The van der Waals surface area contributed by atoms with Gasteiger partial charge in [-0.1, -0.05) is 25.5 Å². The van der Waals surface area contributed by atoms with Crippen LogP contribution in [-0.2, 0) is 10.4 Å². The van der Waals surface area contributed by atoms with Gasteiger partial charge in [-0.2, -0.15) is 0 Å². The number of aromatic amines is 1. The first kappa shape index (κ1) is 24.7. The van der Waals surface area contributed by atoms with Gasteiger partial charge in [-0.05, 0) is 68.7 Å². The van der Waals surface area contributed by atoms with Crippen LogP contribution in [0.15, 0.2) is 47.5 Å². The molecule has 4 N–H and O–H groups in total. The summed E-state index contributed by atoms with van der Waals surface area (Å²) in [5.41, 5.74) is -3.64. The van der Waals surface area contributed by atoms with Crippen LogP contribution in [0.25, 0.3) is 0 Å². The Hall–Kier alpha value is -2.62. The highest BCUT2D eigenvalue weighted by molar-refractivity contribution is 7.14. The summed E-state index contributed by atoms with van der Waals surface area (Å²) in [6.07, 6.45) is 6.68. The van der Waals surface area contributed by atoms with Crippen molar-refractivity contribution in [3.63, 3.8) is 0 Å². The van der Waals surface area contributed by atoms with E-state index in [9.17, 15) is 19.8 Å². The summed E-state index contributed by atoms with van der Waals surface area (Å²) in [6, 6.07) is 3.40. The van der Waals surface area contributed by atoms with Crippen molar-refractivity contribution < 1.29 is 24.2 Å². The minimum atomic E-state index is -1.94. The van der Waals surface area contributed by atoms with Crippen LogP contribution >= 0.6 is 11.3 Å². The SMILES string of the molecule is C[C@@H]1C[C@H]2[C@@H]3CCC4=CC(=O)C=C[C@]4(C)[C@@]3(F)[C@@H](O)C[C@]2(C)[C@@]1(O)c1csc(NC(=O)c2ccc[nH]2)n1. The Morgan fingerprint density at radius 1 is 1.32 bits per heavy atom. The quantitative estimate of drug-likeness (QED) is 0.470. The number of carbonyl (C=O) groups is 2. The molecule has 4 aliphatic rings. The number of aliphatic hydroxyl groups is 2. The van der Waals surface area contributed by atoms with Crippen LogP contribution in [-0.4, -0.2) is 43.6 Å². The average molecular weight is 526 g/mol. The molecule has 4 aliphatic carbocycles. The number of aliphatic hydroxyl groups excluding tert-OH is 1. The maximum absolute atomic E-state index is 17.3. The second-order valence-electron chi connectivity index (χ2n) is 11.7. The summed E-state index contributed by atoms with van der Waals surface area (Å²) >= 11 is 1.24. The van der Waals surface area contributed by atoms with Gasteiger partial charge in [0.25, 0.3) is 5.91 Å². The minimum absolute atomic E-state index is 0.0673. The Bertz CT molecular complexity index is 1340. The molecular weight excluding hydrogens is 493 g/mol. The number of fused-ring (bicyclic) bond motifs is 5. The largest absolute Gasteiger partial charge is 0.390 e. The van der Waals surface area contributed by atoms with Gasteiger partial charge in [0.1, 0.15) is 11.3 Å². The normalized spacial score (nSPS) is 42.5. The monoisotopic (exact) mass is 525 g/mol. The van der Waals surface area contributed by atoms with Gasteiger partial charge >= 0.3 is 0 Å². The third-order valence-corrected chi connectivity index (χ3v) is 10.9. The third-order valence-electron chi connectivity index (χ3n) is 10.2. The van der Waals surface area contributed by atoms with Gasteiger partial charge in [0.2, 0.25) is 0 Å². The van der Waals surface area contributed by atoms with Crippen molar-refractivity contribution in [2.75, 3.05) is 5.32 Å². The number of anilines is 1. The van der Waals surface area contributed by atoms with Crippen LogP contribution in [0.3, 0.4) is 0 Å². The maximum Gasteiger partial charge on any atom is 0.273 e. The Morgan fingerprint density at radius 2 is 2.11 bits per heavy atom. The number of hydrogen-bond donors (Lipinski definition) is 4. The molecule has 0 aromatic carbocycles. The van der Waals surface area contributed by atoms with Crippen molar-refractivity contribution in [2.45, 2.75) is 63.8 Å². The van der Waals surface area contributed by atoms with E-state index in [-0.39, 0.29) is 29.9 Å². The number of carbonyl (C=O) groups excluding carboxylic acids is 2. The number of thiazole rings is 1. The first-order valence-corrected chi connectivity index (χ1v) is 13.8. The van der Waals surface area contributed by atoms with Crippen molar-refractivity contribution >= 4 is 28.2 Å². The van der Waals surface area contributed by atoms with Crippen molar-refractivity contribution in [1.29, 1.82) is 0 Å². The van der Waals surface area contributed by atoms with Crippen molar-refractivity contribution in [1.82, 2.24) is 9.97 Å². The molecule has 0 saturated heterocycles. The van der Waals surface area contributed by atoms with Gasteiger partial charge in [-0.15, -0.1) is 11.3 Å². The molecule has 7 nitrogen and oxygen atoms in total. The highest BCUT2D eigenvalue weighted by Crippen LogP contribution is 2.72. The molecule has 8 atom stereocenters. The number of allylic oxidation sites excluding steroid dienone is 4. The second kappa shape index (κ2) is 7.94. The van der Waals surface area contributed by atoms with E-state index in [0.717, 1.165) is 5.57 Å². The van der Waals surface area contributed by atoms with Gasteiger partial charge in [-0.3, -0.25) is 14.9 Å². The minimum Gasteiger partial charge on any atom is -0.390 e. The van der Waals surface area contributed by atoms with Crippen molar-refractivity contribution in [3.05, 3.63) is 58.9 Å². The van der Waals surface area contributed by atoms with E-state index in [0.29, 0.717) is 35.8 Å². The third kappa shape index (κ3) is 3.08. The fourth-order valence-electron chi connectivity index (χ4n) is 8.23. The molecule has 9 heteroatoms. The Labute approximate surface area is 218 Å². The Morgan fingerprint density at radius 3 is 2.84 bits per heavy atom. The predicted octanol–water partition coefficient (Wildman–Crippen LogP) is 4.53. The summed E-state index contributed by atoms with van der Waals surface area (Å²) in [5.74, 6) is -1.38. The van der Waals surface area contributed by atoms with Gasteiger partial charge < -0.3 is 15.2 Å². The summed E-state index contributed by atoms with van der Waals surface area (Å²) in [5, 5.41) is 28.8. The summed E-state index contributed by atoms with van der Waals surface area (Å²) in [7, 11) is 0. The highest BCUT2D eigenvalue weighted by atomic mass is 32.1. The predicted molar refractivity (Wildman–Crippen MR) is 138 cm³/mol. The number of H-pyrrole nitrogens is 1. The van der Waals surface area contributed by atoms with Crippen LogP contribution in [0, 0.1) is 28.6 Å². The van der Waals surface area contributed by atoms with Gasteiger partial charge in [0.05, 0.1) is 11.8 Å². The number of ketones is 1. The van der Waals surface area contributed by atoms with E-state index in [1.54, 1.807) is 36.7 Å². The Kier molecular flexibility index (Phi) is 5.30. The van der Waals surface area contributed by atoms with E-state index in [1.165, 1.54) is 23.5 Å². The number of nitrogens with zero attached hydrogens (tertiary/aromatic N) is 1. The lowest BCUT2D eigenvalue weighted by molar-refractivity contribution is -0.223. The van der Waals surface area contributed by atoms with E-state index >= 15 is 4.39 Å². The summed E-state index contributed by atoms with van der Waals surface area (Å²) in [4.78, 5) is 32.0. The zero-order chi connectivity index (χ0) is 26.4. The molecular formula is C28H32FN3O4S. The number of halogens is 1. The fourth-order valence-corrected chi connectivity index (χ4v) is 8.99. The zero-order valence-electron chi connectivity index (χ0n) is 21.1. The molecule has 2 aromatic rings.